The van der Waals surface area contributed by atoms with Crippen molar-refractivity contribution in [1.29, 1.82) is 0 Å². The second-order valence-electron chi connectivity index (χ2n) is 5.05. The van der Waals surface area contributed by atoms with Crippen molar-refractivity contribution in [3.8, 4) is 5.75 Å². The first-order valence-corrected chi connectivity index (χ1v) is 6.85. The highest BCUT2D eigenvalue weighted by atomic mass is 16.5. The predicted molar refractivity (Wildman–Crippen MR) is 87.9 cm³/mol. The number of hydrogen-bond acceptors (Lipinski definition) is 2. The molecule has 0 aliphatic rings. The number of aliphatic imine (C=N–C) groups is 1. The third-order valence-corrected chi connectivity index (χ3v) is 3.06. The van der Waals surface area contributed by atoms with Crippen molar-refractivity contribution < 1.29 is 4.74 Å². The second-order valence-corrected chi connectivity index (χ2v) is 5.05. The summed E-state index contributed by atoms with van der Waals surface area (Å²) < 4.78 is 5.19. The topological polar surface area (TPSA) is 59.6 Å². The molecule has 0 heterocycles. The summed E-state index contributed by atoms with van der Waals surface area (Å²) >= 11 is 0. The highest BCUT2D eigenvalue weighted by Crippen LogP contribution is 2.15. The fourth-order valence-electron chi connectivity index (χ4n) is 2.18. The van der Waals surface area contributed by atoms with Gasteiger partial charge in [-0.1, -0.05) is 18.2 Å². The molecule has 2 aromatic carbocycles. The minimum atomic E-state index is 0.405. The van der Waals surface area contributed by atoms with Crippen LogP contribution in [0.5, 0.6) is 5.75 Å². The van der Waals surface area contributed by atoms with E-state index in [0.717, 1.165) is 17.0 Å². The number of guanidine groups is 1. The molecule has 3 N–H and O–H groups in total. The van der Waals surface area contributed by atoms with E-state index >= 15 is 0 Å². The zero-order valence-electron chi connectivity index (χ0n) is 12.7. The van der Waals surface area contributed by atoms with Crippen molar-refractivity contribution in [3.05, 3.63) is 59.2 Å². The van der Waals surface area contributed by atoms with Crippen molar-refractivity contribution in [3.63, 3.8) is 0 Å². The van der Waals surface area contributed by atoms with Gasteiger partial charge in [0.2, 0.25) is 0 Å². The van der Waals surface area contributed by atoms with E-state index in [9.17, 15) is 0 Å². The molecule has 0 aliphatic carbocycles. The molecule has 2 rings (SSSR count). The van der Waals surface area contributed by atoms with Crippen molar-refractivity contribution in [2.75, 3.05) is 12.4 Å². The van der Waals surface area contributed by atoms with Gasteiger partial charge in [-0.3, -0.25) is 0 Å². The molecule has 0 amide bonds. The summed E-state index contributed by atoms with van der Waals surface area (Å²) in [6.07, 6.45) is 0. The summed E-state index contributed by atoms with van der Waals surface area (Å²) in [5.74, 6) is 1.23. The molecular formula is C17H21N3O. The van der Waals surface area contributed by atoms with Crippen molar-refractivity contribution in [2.24, 2.45) is 10.7 Å². The highest BCUT2D eigenvalue weighted by molar-refractivity contribution is 5.92. The SMILES string of the molecule is COc1cccc(CN=C(N)Nc2cc(C)cc(C)c2)c1. The standard InChI is InChI=1S/C17H21N3O/c1-12-7-13(2)9-15(8-12)20-17(18)19-11-14-5-4-6-16(10-14)21-3/h4-10H,11H2,1-3H3,(H3,18,19,20). The summed E-state index contributed by atoms with van der Waals surface area (Å²) in [5, 5.41) is 3.12. The first kappa shape index (κ1) is 14.9. The Morgan fingerprint density at radius 1 is 1.14 bits per heavy atom. The number of aryl methyl sites for hydroxylation is 2. The van der Waals surface area contributed by atoms with E-state index < -0.39 is 0 Å². The van der Waals surface area contributed by atoms with Crippen molar-refractivity contribution >= 4 is 11.6 Å². The van der Waals surface area contributed by atoms with Gasteiger partial charge in [-0.2, -0.15) is 0 Å². The molecule has 0 saturated carbocycles. The lowest BCUT2D eigenvalue weighted by Crippen LogP contribution is -2.22. The van der Waals surface area contributed by atoms with Crippen LogP contribution in [0.15, 0.2) is 47.5 Å². The van der Waals surface area contributed by atoms with E-state index in [0.29, 0.717) is 12.5 Å². The fourth-order valence-corrected chi connectivity index (χ4v) is 2.18. The summed E-state index contributed by atoms with van der Waals surface area (Å²) in [4.78, 5) is 4.35. The highest BCUT2D eigenvalue weighted by Gasteiger charge is 1.99. The predicted octanol–water partition coefficient (Wildman–Crippen LogP) is 3.24. The van der Waals surface area contributed by atoms with E-state index in [1.807, 2.05) is 36.4 Å². The number of rotatable bonds is 4. The maximum Gasteiger partial charge on any atom is 0.193 e. The van der Waals surface area contributed by atoms with Crippen LogP contribution in [-0.4, -0.2) is 13.1 Å². The quantitative estimate of drug-likeness (QED) is 0.669. The second kappa shape index (κ2) is 6.79. The van der Waals surface area contributed by atoms with Gasteiger partial charge in [-0.05, 0) is 54.8 Å². The number of nitrogens with one attached hydrogen (secondary N) is 1. The Morgan fingerprint density at radius 2 is 1.86 bits per heavy atom. The summed E-state index contributed by atoms with van der Waals surface area (Å²) in [7, 11) is 1.65. The first-order valence-electron chi connectivity index (χ1n) is 6.85. The average molecular weight is 283 g/mol. The van der Waals surface area contributed by atoms with Crippen LogP contribution in [0.25, 0.3) is 0 Å². The molecule has 0 fully saturated rings. The van der Waals surface area contributed by atoms with Gasteiger partial charge in [-0.25, -0.2) is 4.99 Å². The van der Waals surface area contributed by atoms with Gasteiger partial charge in [0.05, 0.1) is 13.7 Å². The molecule has 2 aromatic rings. The van der Waals surface area contributed by atoms with E-state index in [-0.39, 0.29) is 0 Å². The molecule has 4 heteroatoms. The van der Waals surface area contributed by atoms with Crippen LogP contribution < -0.4 is 15.8 Å². The fraction of sp³-hybridized carbons (Fsp3) is 0.235. The lowest BCUT2D eigenvalue weighted by Gasteiger charge is -2.08. The molecule has 0 unspecified atom stereocenters. The first-order chi connectivity index (χ1) is 10.1. The Morgan fingerprint density at radius 3 is 2.52 bits per heavy atom. The van der Waals surface area contributed by atoms with E-state index in [4.69, 9.17) is 10.5 Å². The number of benzene rings is 2. The van der Waals surface area contributed by atoms with Gasteiger partial charge in [-0.15, -0.1) is 0 Å². The monoisotopic (exact) mass is 283 g/mol. The summed E-state index contributed by atoms with van der Waals surface area (Å²) in [6, 6.07) is 14.0. The molecule has 4 nitrogen and oxygen atoms in total. The number of ether oxygens (including phenoxy) is 1. The van der Waals surface area contributed by atoms with Crippen molar-refractivity contribution in [2.45, 2.75) is 20.4 Å². The Hall–Kier alpha value is -2.49. The molecule has 0 aromatic heterocycles. The molecule has 0 aliphatic heterocycles. The van der Waals surface area contributed by atoms with Crippen molar-refractivity contribution in [1.82, 2.24) is 0 Å². The van der Waals surface area contributed by atoms with Crippen LogP contribution in [0.4, 0.5) is 5.69 Å². The van der Waals surface area contributed by atoms with Crippen LogP contribution in [0, 0.1) is 13.8 Å². The van der Waals surface area contributed by atoms with Gasteiger partial charge in [0.1, 0.15) is 5.75 Å². The van der Waals surface area contributed by atoms with E-state index in [1.165, 1.54) is 11.1 Å². The lowest BCUT2D eigenvalue weighted by atomic mass is 10.1. The Kier molecular flexibility index (Phi) is 4.82. The normalized spacial score (nSPS) is 11.3. The van der Waals surface area contributed by atoms with Crippen LogP contribution in [0.1, 0.15) is 16.7 Å². The van der Waals surface area contributed by atoms with Gasteiger partial charge < -0.3 is 15.8 Å². The Labute approximate surface area is 125 Å². The maximum absolute atomic E-state index is 5.93. The largest absolute Gasteiger partial charge is 0.497 e. The molecule has 0 saturated heterocycles. The lowest BCUT2D eigenvalue weighted by molar-refractivity contribution is 0.414. The number of nitrogens with two attached hydrogens (primary N) is 1. The molecule has 0 radical (unpaired) electrons. The number of anilines is 1. The zero-order chi connectivity index (χ0) is 15.2. The average Bonchev–Trinajstić information content (AvgIpc) is 2.44. The Balaban J connectivity index is 2.03. The smallest absolute Gasteiger partial charge is 0.193 e. The molecule has 0 atom stereocenters. The number of hydrogen-bond donors (Lipinski definition) is 2. The van der Waals surface area contributed by atoms with Crippen LogP contribution in [-0.2, 0) is 6.54 Å². The summed E-state index contributed by atoms with van der Waals surface area (Å²) in [5.41, 5.74) is 10.3. The Bertz CT molecular complexity index is 630. The van der Waals surface area contributed by atoms with Gasteiger partial charge >= 0.3 is 0 Å². The maximum atomic E-state index is 5.93. The van der Waals surface area contributed by atoms with Gasteiger partial charge in [0.25, 0.3) is 0 Å². The molecule has 0 spiro atoms. The third kappa shape index (κ3) is 4.53. The van der Waals surface area contributed by atoms with Crippen LogP contribution in [0.2, 0.25) is 0 Å². The molecule has 110 valence electrons. The van der Waals surface area contributed by atoms with Gasteiger partial charge in [0, 0.05) is 5.69 Å². The molecule has 21 heavy (non-hydrogen) atoms. The number of nitrogens with zero attached hydrogens (tertiary/aromatic N) is 1. The molecular weight excluding hydrogens is 262 g/mol. The zero-order valence-corrected chi connectivity index (χ0v) is 12.7. The van der Waals surface area contributed by atoms with Crippen LogP contribution >= 0.6 is 0 Å². The van der Waals surface area contributed by atoms with Crippen LogP contribution in [0.3, 0.4) is 0 Å². The molecule has 0 bridgehead atoms. The third-order valence-electron chi connectivity index (χ3n) is 3.06. The van der Waals surface area contributed by atoms with Gasteiger partial charge in [0.15, 0.2) is 5.96 Å². The summed E-state index contributed by atoms with van der Waals surface area (Å²) in [6.45, 7) is 4.63. The number of methoxy groups -OCH3 is 1. The van der Waals surface area contributed by atoms with E-state index in [1.54, 1.807) is 7.11 Å². The van der Waals surface area contributed by atoms with E-state index in [2.05, 4.69) is 30.2 Å². The minimum absolute atomic E-state index is 0.405. The minimum Gasteiger partial charge on any atom is -0.497 e.